The number of hydrogen-bond donors (Lipinski definition) is 3. The summed E-state index contributed by atoms with van der Waals surface area (Å²) >= 11 is 0. The fourth-order valence-corrected chi connectivity index (χ4v) is 2.44. The Hall–Kier alpha value is -1.85. The number of nitrogens with zero attached hydrogens (tertiary/aromatic N) is 1. The SMILES string of the molecule is O=C(CN1CCNCC1)Nc1c[nH]c2ccccc12. The summed E-state index contributed by atoms with van der Waals surface area (Å²) in [5.41, 5.74) is 1.90. The van der Waals surface area contributed by atoms with Gasteiger partial charge in [-0.25, -0.2) is 0 Å². The highest BCUT2D eigenvalue weighted by molar-refractivity contribution is 6.02. The van der Waals surface area contributed by atoms with E-state index >= 15 is 0 Å². The molecular weight excluding hydrogens is 240 g/mol. The third kappa shape index (κ3) is 2.77. The number of aromatic amines is 1. The molecule has 3 rings (SSSR count). The monoisotopic (exact) mass is 258 g/mol. The summed E-state index contributed by atoms with van der Waals surface area (Å²) in [5.74, 6) is 0.0478. The summed E-state index contributed by atoms with van der Waals surface area (Å²) in [6.07, 6.45) is 1.85. The highest BCUT2D eigenvalue weighted by atomic mass is 16.2. The molecule has 0 aliphatic carbocycles. The quantitative estimate of drug-likeness (QED) is 0.770. The molecule has 0 unspecified atom stereocenters. The number of para-hydroxylation sites is 1. The van der Waals surface area contributed by atoms with Crippen molar-refractivity contribution in [3.63, 3.8) is 0 Å². The van der Waals surface area contributed by atoms with Crippen molar-refractivity contribution < 1.29 is 4.79 Å². The summed E-state index contributed by atoms with van der Waals surface area (Å²) in [4.78, 5) is 17.4. The molecule has 5 heteroatoms. The maximum atomic E-state index is 12.0. The number of amides is 1. The van der Waals surface area contributed by atoms with Crippen molar-refractivity contribution in [2.75, 3.05) is 38.0 Å². The Kier molecular flexibility index (Phi) is 3.48. The predicted octanol–water partition coefficient (Wildman–Crippen LogP) is 1.01. The Morgan fingerprint density at radius 1 is 1.26 bits per heavy atom. The molecule has 0 saturated carbocycles. The van der Waals surface area contributed by atoms with Crippen molar-refractivity contribution >= 4 is 22.5 Å². The van der Waals surface area contributed by atoms with E-state index in [0.717, 1.165) is 42.8 Å². The number of benzene rings is 1. The number of rotatable bonds is 3. The molecule has 0 bridgehead atoms. The van der Waals surface area contributed by atoms with E-state index in [0.29, 0.717) is 6.54 Å². The second kappa shape index (κ2) is 5.42. The zero-order chi connectivity index (χ0) is 13.1. The summed E-state index contributed by atoms with van der Waals surface area (Å²) < 4.78 is 0. The topological polar surface area (TPSA) is 60.2 Å². The molecular formula is C14H18N4O. The van der Waals surface area contributed by atoms with Crippen LogP contribution in [0.5, 0.6) is 0 Å². The first-order valence-electron chi connectivity index (χ1n) is 6.62. The van der Waals surface area contributed by atoms with Gasteiger partial charge in [-0.3, -0.25) is 9.69 Å². The van der Waals surface area contributed by atoms with Crippen molar-refractivity contribution in [2.45, 2.75) is 0 Å². The Morgan fingerprint density at radius 3 is 2.89 bits per heavy atom. The summed E-state index contributed by atoms with van der Waals surface area (Å²) in [7, 11) is 0. The second-order valence-electron chi connectivity index (χ2n) is 4.82. The van der Waals surface area contributed by atoms with E-state index in [4.69, 9.17) is 0 Å². The zero-order valence-corrected chi connectivity index (χ0v) is 10.8. The van der Waals surface area contributed by atoms with E-state index < -0.39 is 0 Å². The van der Waals surface area contributed by atoms with Gasteiger partial charge in [0.25, 0.3) is 0 Å². The van der Waals surface area contributed by atoms with Crippen LogP contribution in [-0.2, 0) is 4.79 Å². The molecule has 100 valence electrons. The minimum absolute atomic E-state index is 0.0478. The molecule has 1 aliphatic rings. The number of carbonyl (C=O) groups is 1. The second-order valence-corrected chi connectivity index (χ2v) is 4.82. The molecule has 19 heavy (non-hydrogen) atoms. The van der Waals surface area contributed by atoms with Gasteiger partial charge in [-0.05, 0) is 6.07 Å². The van der Waals surface area contributed by atoms with Gasteiger partial charge in [0.05, 0.1) is 12.2 Å². The molecule has 1 amide bonds. The molecule has 2 heterocycles. The highest BCUT2D eigenvalue weighted by Gasteiger charge is 2.14. The molecule has 1 aliphatic heterocycles. The van der Waals surface area contributed by atoms with Gasteiger partial charge in [0.1, 0.15) is 0 Å². The number of carbonyl (C=O) groups excluding carboxylic acids is 1. The Labute approximate surface area is 112 Å². The Balaban J connectivity index is 1.65. The molecule has 5 nitrogen and oxygen atoms in total. The first-order chi connectivity index (χ1) is 9.33. The summed E-state index contributed by atoms with van der Waals surface area (Å²) in [6.45, 7) is 4.24. The number of hydrogen-bond acceptors (Lipinski definition) is 3. The first-order valence-corrected chi connectivity index (χ1v) is 6.62. The van der Waals surface area contributed by atoms with Gasteiger partial charge in [-0.15, -0.1) is 0 Å². The van der Waals surface area contributed by atoms with E-state index in [-0.39, 0.29) is 5.91 Å². The molecule has 0 spiro atoms. The number of nitrogens with one attached hydrogen (secondary N) is 3. The van der Waals surface area contributed by atoms with Crippen LogP contribution in [0.25, 0.3) is 10.9 Å². The van der Waals surface area contributed by atoms with Crippen molar-refractivity contribution in [3.8, 4) is 0 Å². The van der Waals surface area contributed by atoms with Gasteiger partial charge in [-0.1, -0.05) is 18.2 Å². The van der Waals surface area contributed by atoms with Gasteiger partial charge >= 0.3 is 0 Å². The van der Waals surface area contributed by atoms with E-state index in [1.54, 1.807) is 0 Å². The number of fused-ring (bicyclic) bond motifs is 1. The average Bonchev–Trinajstić information content (AvgIpc) is 2.83. The van der Waals surface area contributed by atoms with Crippen molar-refractivity contribution in [1.82, 2.24) is 15.2 Å². The van der Waals surface area contributed by atoms with Crippen LogP contribution in [0.2, 0.25) is 0 Å². The van der Waals surface area contributed by atoms with E-state index in [1.165, 1.54) is 0 Å². The van der Waals surface area contributed by atoms with Gasteiger partial charge in [0, 0.05) is 43.3 Å². The van der Waals surface area contributed by atoms with Crippen LogP contribution in [0, 0.1) is 0 Å². The molecule has 0 radical (unpaired) electrons. The van der Waals surface area contributed by atoms with Crippen LogP contribution in [-0.4, -0.2) is 48.5 Å². The minimum Gasteiger partial charge on any atom is -0.359 e. The number of anilines is 1. The fourth-order valence-electron chi connectivity index (χ4n) is 2.44. The maximum Gasteiger partial charge on any atom is 0.238 e. The zero-order valence-electron chi connectivity index (χ0n) is 10.8. The lowest BCUT2D eigenvalue weighted by atomic mass is 10.2. The predicted molar refractivity (Wildman–Crippen MR) is 76.2 cm³/mol. The lowest BCUT2D eigenvalue weighted by Crippen LogP contribution is -2.46. The summed E-state index contributed by atoms with van der Waals surface area (Å²) in [5, 5.41) is 7.31. The van der Waals surface area contributed by atoms with Crippen molar-refractivity contribution in [1.29, 1.82) is 0 Å². The lowest BCUT2D eigenvalue weighted by molar-refractivity contribution is -0.117. The van der Waals surface area contributed by atoms with Crippen LogP contribution in [0.3, 0.4) is 0 Å². The Bertz CT molecular complexity index is 572. The largest absolute Gasteiger partial charge is 0.359 e. The molecule has 1 aromatic heterocycles. The van der Waals surface area contributed by atoms with Crippen LogP contribution < -0.4 is 10.6 Å². The molecule has 3 N–H and O–H groups in total. The standard InChI is InChI=1S/C14H18N4O/c19-14(10-18-7-5-15-6-8-18)17-13-9-16-12-4-2-1-3-11(12)13/h1-4,9,15-16H,5-8,10H2,(H,17,19). The van der Waals surface area contributed by atoms with Crippen molar-refractivity contribution in [3.05, 3.63) is 30.5 Å². The van der Waals surface area contributed by atoms with Crippen LogP contribution >= 0.6 is 0 Å². The van der Waals surface area contributed by atoms with Gasteiger partial charge in [0.15, 0.2) is 0 Å². The number of piperazine rings is 1. The summed E-state index contributed by atoms with van der Waals surface area (Å²) in [6, 6.07) is 7.96. The van der Waals surface area contributed by atoms with Gasteiger partial charge in [0.2, 0.25) is 5.91 Å². The molecule has 0 atom stereocenters. The van der Waals surface area contributed by atoms with Gasteiger partial charge in [-0.2, -0.15) is 0 Å². The van der Waals surface area contributed by atoms with E-state index in [1.807, 2.05) is 30.5 Å². The third-order valence-corrected chi connectivity index (χ3v) is 3.44. The minimum atomic E-state index is 0.0478. The van der Waals surface area contributed by atoms with Crippen LogP contribution in [0.4, 0.5) is 5.69 Å². The average molecular weight is 258 g/mol. The Morgan fingerprint density at radius 2 is 2.05 bits per heavy atom. The lowest BCUT2D eigenvalue weighted by Gasteiger charge is -2.26. The first kappa shape index (κ1) is 12.2. The maximum absolute atomic E-state index is 12.0. The normalized spacial score (nSPS) is 16.6. The number of H-pyrrole nitrogens is 1. The molecule has 1 aromatic carbocycles. The van der Waals surface area contributed by atoms with E-state index in [2.05, 4.69) is 20.5 Å². The van der Waals surface area contributed by atoms with Crippen molar-refractivity contribution in [2.24, 2.45) is 0 Å². The molecule has 1 fully saturated rings. The molecule has 1 saturated heterocycles. The van der Waals surface area contributed by atoms with E-state index in [9.17, 15) is 4.79 Å². The fraction of sp³-hybridized carbons (Fsp3) is 0.357. The molecule has 2 aromatic rings. The van der Waals surface area contributed by atoms with Gasteiger partial charge < -0.3 is 15.6 Å². The van der Waals surface area contributed by atoms with Crippen LogP contribution in [0.15, 0.2) is 30.5 Å². The number of aromatic nitrogens is 1. The highest BCUT2D eigenvalue weighted by Crippen LogP contribution is 2.22. The smallest absolute Gasteiger partial charge is 0.238 e. The van der Waals surface area contributed by atoms with Crippen LogP contribution in [0.1, 0.15) is 0 Å². The third-order valence-electron chi connectivity index (χ3n) is 3.44.